The van der Waals surface area contributed by atoms with Crippen molar-refractivity contribution in [1.29, 1.82) is 0 Å². The van der Waals surface area contributed by atoms with Crippen LogP contribution in [0, 0.1) is 11.8 Å². The highest BCUT2D eigenvalue weighted by atomic mass is 16.5. The average molecular weight is 283 g/mol. The highest BCUT2D eigenvalue weighted by molar-refractivity contribution is 4.93. The summed E-state index contributed by atoms with van der Waals surface area (Å²) in [5, 5.41) is 22.9. The minimum absolute atomic E-state index is 0.373. The smallest absolute Gasteiger partial charge is 0.0897 e. The number of allylic oxidation sites excluding steroid dienone is 2. The van der Waals surface area contributed by atoms with Crippen LogP contribution in [0.4, 0.5) is 0 Å². The molecular formula is C16H29NO3. The minimum Gasteiger partial charge on any atom is -0.389 e. The first-order valence-corrected chi connectivity index (χ1v) is 7.93. The zero-order valence-corrected chi connectivity index (χ0v) is 12.6. The topological polar surface area (TPSA) is 61.7 Å². The maximum Gasteiger partial charge on any atom is 0.0897 e. The number of hydrogen-bond acceptors (Lipinski definition) is 4. The maximum absolute atomic E-state index is 9.92. The molecule has 0 saturated heterocycles. The van der Waals surface area contributed by atoms with E-state index >= 15 is 0 Å². The summed E-state index contributed by atoms with van der Waals surface area (Å²) in [4.78, 5) is 0. The molecule has 0 aromatic carbocycles. The molecule has 0 spiro atoms. The van der Waals surface area contributed by atoms with Crippen molar-refractivity contribution in [2.45, 2.75) is 50.7 Å². The molecule has 0 radical (unpaired) electrons. The van der Waals surface area contributed by atoms with Crippen molar-refractivity contribution in [3.8, 4) is 0 Å². The number of aliphatic hydroxyl groups is 2. The van der Waals surface area contributed by atoms with Crippen molar-refractivity contribution in [3.05, 3.63) is 12.2 Å². The van der Waals surface area contributed by atoms with Gasteiger partial charge in [-0.15, -0.1) is 0 Å². The highest BCUT2D eigenvalue weighted by Crippen LogP contribution is 2.30. The first-order chi connectivity index (χ1) is 9.59. The number of rotatable bonds is 8. The lowest BCUT2D eigenvalue weighted by atomic mass is 9.80. The van der Waals surface area contributed by atoms with Crippen LogP contribution in [-0.2, 0) is 4.74 Å². The van der Waals surface area contributed by atoms with Crippen LogP contribution in [0.1, 0.15) is 39.0 Å². The van der Waals surface area contributed by atoms with Gasteiger partial charge in [0.15, 0.2) is 0 Å². The SMILES string of the molecule is CC1CC=CCC1COCC(O)CNCC1(O)CCC1. The van der Waals surface area contributed by atoms with E-state index in [0.717, 1.165) is 38.7 Å². The number of hydrogen-bond donors (Lipinski definition) is 3. The molecule has 1 saturated carbocycles. The summed E-state index contributed by atoms with van der Waals surface area (Å²) in [6, 6.07) is 0. The Hall–Kier alpha value is -0.420. The summed E-state index contributed by atoms with van der Waals surface area (Å²) in [6.45, 7) is 4.43. The summed E-state index contributed by atoms with van der Waals surface area (Å²) in [6.07, 6.45) is 9.06. The summed E-state index contributed by atoms with van der Waals surface area (Å²) in [5.74, 6) is 1.25. The lowest BCUT2D eigenvalue weighted by Gasteiger charge is -2.37. The van der Waals surface area contributed by atoms with Crippen molar-refractivity contribution in [2.75, 3.05) is 26.3 Å². The summed E-state index contributed by atoms with van der Waals surface area (Å²) in [7, 11) is 0. The van der Waals surface area contributed by atoms with Gasteiger partial charge in [0.05, 0.1) is 24.9 Å². The van der Waals surface area contributed by atoms with Crippen molar-refractivity contribution < 1.29 is 14.9 Å². The van der Waals surface area contributed by atoms with Crippen LogP contribution >= 0.6 is 0 Å². The zero-order valence-electron chi connectivity index (χ0n) is 12.6. The third kappa shape index (κ3) is 4.85. The van der Waals surface area contributed by atoms with Crippen molar-refractivity contribution >= 4 is 0 Å². The Morgan fingerprint density at radius 1 is 1.35 bits per heavy atom. The molecule has 116 valence electrons. The van der Waals surface area contributed by atoms with Crippen LogP contribution in [-0.4, -0.2) is 48.2 Å². The first kappa shape index (κ1) is 16.0. The van der Waals surface area contributed by atoms with E-state index in [2.05, 4.69) is 24.4 Å². The standard InChI is InChI=1S/C16H29NO3/c1-13-5-2-3-6-14(13)10-20-11-15(18)9-17-12-16(19)7-4-8-16/h2-3,13-15,17-19H,4-12H2,1H3. The lowest BCUT2D eigenvalue weighted by molar-refractivity contribution is -0.0358. The molecule has 3 unspecified atom stereocenters. The Kier molecular flexibility index (Phi) is 6.02. The summed E-state index contributed by atoms with van der Waals surface area (Å²) >= 11 is 0. The van der Waals surface area contributed by atoms with Gasteiger partial charge >= 0.3 is 0 Å². The second-order valence-electron chi connectivity index (χ2n) is 6.58. The Balaban J connectivity index is 1.51. The van der Waals surface area contributed by atoms with Crippen LogP contribution in [0.2, 0.25) is 0 Å². The molecule has 0 heterocycles. The van der Waals surface area contributed by atoms with Gasteiger partial charge in [0.2, 0.25) is 0 Å². The molecule has 20 heavy (non-hydrogen) atoms. The predicted octanol–water partition coefficient (Wildman–Crippen LogP) is 1.47. The van der Waals surface area contributed by atoms with E-state index in [4.69, 9.17) is 4.74 Å². The molecule has 0 amide bonds. The maximum atomic E-state index is 9.92. The highest BCUT2D eigenvalue weighted by Gasteiger charge is 2.33. The molecule has 0 aromatic rings. The Morgan fingerprint density at radius 3 is 2.75 bits per heavy atom. The Labute approximate surface area is 122 Å². The van der Waals surface area contributed by atoms with E-state index < -0.39 is 11.7 Å². The van der Waals surface area contributed by atoms with Gasteiger partial charge in [0, 0.05) is 13.1 Å². The van der Waals surface area contributed by atoms with E-state index in [1.165, 1.54) is 0 Å². The first-order valence-electron chi connectivity index (χ1n) is 7.93. The van der Waals surface area contributed by atoms with E-state index in [1.54, 1.807) is 0 Å². The molecule has 3 atom stereocenters. The van der Waals surface area contributed by atoms with Crippen LogP contribution in [0.25, 0.3) is 0 Å². The molecule has 3 N–H and O–H groups in total. The second-order valence-corrected chi connectivity index (χ2v) is 6.58. The number of ether oxygens (including phenoxy) is 1. The molecule has 2 aliphatic carbocycles. The van der Waals surface area contributed by atoms with Crippen LogP contribution in [0.15, 0.2) is 12.2 Å². The van der Waals surface area contributed by atoms with E-state index in [1.807, 2.05) is 0 Å². The third-order valence-corrected chi connectivity index (χ3v) is 4.68. The monoisotopic (exact) mass is 283 g/mol. The largest absolute Gasteiger partial charge is 0.389 e. The average Bonchev–Trinajstić information content (AvgIpc) is 2.39. The Bertz CT molecular complexity index is 315. The third-order valence-electron chi connectivity index (χ3n) is 4.68. The summed E-state index contributed by atoms with van der Waals surface area (Å²) in [5.41, 5.74) is -0.523. The quantitative estimate of drug-likeness (QED) is 0.590. The fraction of sp³-hybridized carbons (Fsp3) is 0.875. The molecule has 0 aliphatic heterocycles. The van der Waals surface area contributed by atoms with E-state index in [-0.39, 0.29) is 0 Å². The fourth-order valence-corrected chi connectivity index (χ4v) is 2.89. The van der Waals surface area contributed by atoms with E-state index in [9.17, 15) is 10.2 Å². The number of aliphatic hydroxyl groups excluding tert-OH is 1. The van der Waals surface area contributed by atoms with Crippen molar-refractivity contribution in [1.82, 2.24) is 5.32 Å². The molecular weight excluding hydrogens is 254 g/mol. The fourth-order valence-electron chi connectivity index (χ4n) is 2.89. The predicted molar refractivity (Wildman–Crippen MR) is 79.5 cm³/mol. The zero-order chi connectivity index (χ0) is 14.4. The molecule has 4 nitrogen and oxygen atoms in total. The van der Waals surface area contributed by atoms with Gasteiger partial charge in [0.1, 0.15) is 0 Å². The second kappa shape index (κ2) is 7.55. The lowest BCUT2D eigenvalue weighted by Crippen LogP contribution is -2.48. The molecule has 0 bridgehead atoms. The van der Waals surface area contributed by atoms with Crippen LogP contribution in [0.5, 0.6) is 0 Å². The van der Waals surface area contributed by atoms with Crippen molar-refractivity contribution in [3.63, 3.8) is 0 Å². The van der Waals surface area contributed by atoms with Gasteiger partial charge in [-0.3, -0.25) is 0 Å². The van der Waals surface area contributed by atoms with Gasteiger partial charge in [-0.05, 0) is 43.9 Å². The van der Waals surface area contributed by atoms with Crippen LogP contribution in [0.3, 0.4) is 0 Å². The van der Waals surface area contributed by atoms with Gasteiger partial charge in [-0.2, -0.15) is 0 Å². The number of nitrogens with one attached hydrogen (secondary N) is 1. The molecule has 1 fully saturated rings. The summed E-state index contributed by atoms with van der Waals surface area (Å²) < 4.78 is 5.64. The van der Waals surface area contributed by atoms with Gasteiger partial charge in [0.25, 0.3) is 0 Å². The molecule has 2 rings (SSSR count). The Morgan fingerprint density at radius 2 is 2.10 bits per heavy atom. The van der Waals surface area contributed by atoms with Crippen molar-refractivity contribution in [2.24, 2.45) is 11.8 Å². The minimum atomic E-state index is -0.523. The van der Waals surface area contributed by atoms with Gasteiger partial charge in [-0.25, -0.2) is 0 Å². The van der Waals surface area contributed by atoms with Crippen LogP contribution < -0.4 is 5.32 Å². The van der Waals surface area contributed by atoms with E-state index in [0.29, 0.717) is 31.5 Å². The molecule has 0 aromatic heterocycles. The van der Waals surface area contributed by atoms with Gasteiger partial charge < -0.3 is 20.3 Å². The molecule has 4 heteroatoms. The normalized spacial score (nSPS) is 29.9. The van der Waals surface area contributed by atoms with Gasteiger partial charge in [-0.1, -0.05) is 19.1 Å². The molecule has 2 aliphatic rings.